The lowest BCUT2D eigenvalue weighted by atomic mass is 9.92. The Hall–Kier alpha value is -0.0800. The van der Waals surface area contributed by atoms with Crippen LogP contribution in [0.3, 0.4) is 0 Å². The van der Waals surface area contributed by atoms with Gasteiger partial charge in [0.25, 0.3) is 0 Å². The second-order valence-electron chi connectivity index (χ2n) is 6.17. The lowest BCUT2D eigenvalue weighted by molar-refractivity contribution is 0.198. The van der Waals surface area contributed by atoms with Crippen molar-refractivity contribution < 1.29 is 4.74 Å². The normalized spacial score (nSPS) is 37.1. The molecule has 0 heterocycles. The molecule has 3 unspecified atom stereocenters. The van der Waals surface area contributed by atoms with Gasteiger partial charge in [-0.3, -0.25) is 0 Å². The zero-order chi connectivity index (χ0) is 12.1. The average Bonchev–Trinajstić information content (AvgIpc) is 3.07. The minimum absolute atomic E-state index is 0.754. The molecule has 2 fully saturated rings. The van der Waals surface area contributed by atoms with Crippen LogP contribution in [0.1, 0.15) is 51.9 Å². The van der Waals surface area contributed by atoms with E-state index < -0.39 is 0 Å². The van der Waals surface area contributed by atoms with E-state index in [9.17, 15) is 0 Å². The second-order valence-corrected chi connectivity index (χ2v) is 6.17. The summed E-state index contributed by atoms with van der Waals surface area (Å²) in [6, 6.07) is 0. The molecular weight excluding hydrogens is 210 g/mol. The van der Waals surface area contributed by atoms with Gasteiger partial charge in [-0.05, 0) is 49.5 Å². The van der Waals surface area contributed by atoms with E-state index in [0.29, 0.717) is 0 Å². The van der Waals surface area contributed by atoms with Crippen LogP contribution in [0.15, 0.2) is 0 Å². The Labute approximate surface area is 107 Å². The molecule has 2 heteroatoms. The van der Waals surface area contributed by atoms with Crippen LogP contribution < -0.4 is 5.32 Å². The van der Waals surface area contributed by atoms with Gasteiger partial charge >= 0.3 is 0 Å². The standard InChI is InChI=1S/C15H29NO/c1-3-13-5-4-7-15(8-6-13)11-14(15)12-16-9-10-17-2/h13-14,16H,3-12H2,1-2H3. The maximum absolute atomic E-state index is 5.07. The van der Waals surface area contributed by atoms with Gasteiger partial charge in [-0.15, -0.1) is 0 Å². The Kier molecular flexibility index (Phi) is 4.87. The molecule has 0 aromatic rings. The topological polar surface area (TPSA) is 21.3 Å². The predicted octanol–water partition coefficient (Wildman–Crippen LogP) is 3.22. The molecule has 0 bridgehead atoms. The Bertz CT molecular complexity index is 231. The van der Waals surface area contributed by atoms with Gasteiger partial charge in [0.05, 0.1) is 6.61 Å². The number of nitrogens with one attached hydrogen (secondary N) is 1. The number of ether oxygens (including phenoxy) is 1. The van der Waals surface area contributed by atoms with E-state index >= 15 is 0 Å². The molecule has 0 aromatic heterocycles. The van der Waals surface area contributed by atoms with Crippen molar-refractivity contribution in [3.8, 4) is 0 Å². The molecule has 0 saturated heterocycles. The van der Waals surface area contributed by atoms with Gasteiger partial charge in [0.15, 0.2) is 0 Å². The lowest BCUT2D eigenvalue weighted by Crippen LogP contribution is -2.23. The Morgan fingerprint density at radius 1 is 1.29 bits per heavy atom. The third-order valence-corrected chi connectivity index (χ3v) is 5.15. The molecule has 2 nitrogen and oxygen atoms in total. The summed E-state index contributed by atoms with van der Waals surface area (Å²) < 4.78 is 5.07. The highest BCUT2D eigenvalue weighted by atomic mass is 16.5. The molecule has 17 heavy (non-hydrogen) atoms. The highest BCUT2D eigenvalue weighted by Gasteiger charge is 2.52. The molecule has 3 atom stereocenters. The molecule has 0 aliphatic heterocycles. The van der Waals surface area contributed by atoms with E-state index in [2.05, 4.69) is 12.2 Å². The summed E-state index contributed by atoms with van der Waals surface area (Å²) in [5.41, 5.74) is 0.754. The highest BCUT2D eigenvalue weighted by Crippen LogP contribution is 2.60. The van der Waals surface area contributed by atoms with Crippen LogP contribution in [-0.2, 0) is 4.74 Å². The fraction of sp³-hybridized carbons (Fsp3) is 1.00. The zero-order valence-electron chi connectivity index (χ0n) is 11.6. The van der Waals surface area contributed by atoms with E-state index in [1.54, 1.807) is 7.11 Å². The van der Waals surface area contributed by atoms with Gasteiger partial charge in [-0.1, -0.05) is 26.2 Å². The van der Waals surface area contributed by atoms with Crippen LogP contribution in [0.25, 0.3) is 0 Å². The third kappa shape index (κ3) is 3.45. The van der Waals surface area contributed by atoms with E-state index in [-0.39, 0.29) is 0 Å². The van der Waals surface area contributed by atoms with Gasteiger partial charge in [-0.25, -0.2) is 0 Å². The number of rotatable bonds is 6. The van der Waals surface area contributed by atoms with Crippen LogP contribution in [0.4, 0.5) is 0 Å². The molecule has 2 aliphatic rings. The molecule has 1 spiro atoms. The summed E-state index contributed by atoms with van der Waals surface area (Å²) in [6.45, 7) is 5.44. The van der Waals surface area contributed by atoms with Crippen LogP contribution >= 0.6 is 0 Å². The first-order chi connectivity index (χ1) is 8.30. The van der Waals surface area contributed by atoms with Crippen molar-refractivity contribution in [2.75, 3.05) is 26.8 Å². The van der Waals surface area contributed by atoms with Crippen LogP contribution in [0, 0.1) is 17.3 Å². The smallest absolute Gasteiger partial charge is 0.0587 e. The lowest BCUT2D eigenvalue weighted by Gasteiger charge is -2.15. The molecule has 100 valence electrons. The van der Waals surface area contributed by atoms with Gasteiger partial charge in [0.1, 0.15) is 0 Å². The average molecular weight is 239 g/mol. The first kappa shape index (κ1) is 13.4. The number of hydrogen-bond acceptors (Lipinski definition) is 2. The summed E-state index contributed by atoms with van der Waals surface area (Å²) in [7, 11) is 1.77. The second kappa shape index (κ2) is 6.19. The fourth-order valence-electron chi connectivity index (χ4n) is 3.70. The summed E-state index contributed by atoms with van der Waals surface area (Å²) in [5, 5.41) is 3.54. The minimum atomic E-state index is 0.754. The van der Waals surface area contributed by atoms with E-state index in [4.69, 9.17) is 4.74 Å². The van der Waals surface area contributed by atoms with E-state index in [1.807, 2.05) is 0 Å². The van der Waals surface area contributed by atoms with Crippen molar-refractivity contribution in [1.29, 1.82) is 0 Å². The predicted molar refractivity (Wildman–Crippen MR) is 72.2 cm³/mol. The Morgan fingerprint density at radius 3 is 2.94 bits per heavy atom. The fourth-order valence-corrected chi connectivity index (χ4v) is 3.70. The molecule has 1 N–H and O–H groups in total. The third-order valence-electron chi connectivity index (χ3n) is 5.15. The van der Waals surface area contributed by atoms with Crippen molar-refractivity contribution in [2.24, 2.45) is 17.3 Å². The summed E-state index contributed by atoms with van der Waals surface area (Å²) in [5.74, 6) is 1.99. The van der Waals surface area contributed by atoms with Gasteiger partial charge in [-0.2, -0.15) is 0 Å². The van der Waals surface area contributed by atoms with E-state index in [1.165, 1.54) is 51.5 Å². The monoisotopic (exact) mass is 239 g/mol. The largest absolute Gasteiger partial charge is 0.383 e. The number of methoxy groups -OCH3 is 1. The van der Waals surface area contributed by atoms with Crippen molar-refractivity contribution >= 4 is 0 Å². The van der Waals surface area contributed by atoms with Crippen molar-refractivity contribution in [2.45, 2.75) is 51.9 Å². The molecule has 2 saturated carbocycles. The summed E-state index contributed by atoms with van der Waals surface area (Å²) >= 11 is 0. The van der Waals surface area contributed by atoms with Gasteiger partial charge < -0.3 is 10.1 Å². The van der Waals surface area contributed by atoms with Crippen molar-refractivity contribution in [3.05, 3.63) is 0 Å². The van der Waals surface area contributed by atoms with Crippen LogP contribution in [-0.4, -0.2) is 26.8 Å². The first-order valence-corrected chi connectivity index (χ1v) is 7.50. The van der Waals surface area contributed by atoms with Crippen LogP contribution in [0.5, 0.6) is 0 Å². The highest BCUT2D eigenvalue weighted by molar-refractivity contribution is 5.03. The maximum Gasteiger partial charge on any atom is 0.0587 e. The van der Waals surface area contributed by atoms with Crippen LogP contribution in [0.2, 0.25) is 0 Å². The molecular formula is C15H29NO. The maximum atomic E-state index is 5.07. The summed E-state index contributed by atoms with van der Waals surface area (Å²) in [4.78, 5) is 0. The van der Waals surface area contributed by atoms with E-state index in [0.717, 1.165) is 30.4 Å². The number of hydrogen-bond donors (Lipinski definition) is 1. The quantitative estimate of drug-likeness (QED) is 0.719. The Morgan fingerprint density at radius 2 is 2.18 bits per heavy atom. The van der Waals surface area contributed by atoms with Gasteiger partial charge in [0.2, 0.25) is 0 Å². The molecule has 2 rings (SSSR count). The van der Waals surface area contributed by atoms with Crippen molar-refractivity contribution in [3.63, 3.8) is 0 Å². The van der Waals surface area contributed by atoms with Gasteiger partial charge in [0, 0.05) is 13.7 Å². The zero-order valence-corrected chi connectivity index (χ0v) is 11.6. The molecule has 0 radical (unpaired) electrons. The Balaban J connectivity index is 1.68. The minimum Gasteiger partial charge on any atom is -0.383 e. The molecule has 2 aliphatic carbocycles. The molecule has 0 aromatic carbocycles. The molecule has 0 amide bonds. The SMILES string of the molecule is CCC1CCCC2(CC1)CC2CNCCOC. The summed E-state index contributed by atoms with van der Waals surface area (Å²) in [6.07, 6.45) is 10.3. The first-order valence-electron chi connectivity index (χ1n) is 7.50. The van der Waals surface area contributed by atoms with Crippen molar-refractivity contribution in [1.82, 2.24) is 5.32 Å².